The lowest BCUT2D eigenvalue weighted by atomic mass is 9.83. The van der Waals surface area contributed by atoms with Gasteiger partial charge in [-0.15, -0.1) is 0 Å². The van der Waals surface area contributed by atoms with Crippen LogP contribution in [0.1, 0.15) is 53.2 Å². The second-order valence-electron chi connectivity index (χ2n) is 8.98. The summed E-state index contributed by atoms with van der Waals surface area (Å²) in [6, 6.07) is 22.1. The molecule has 0 spiro atoms. The largest absolute Gasteiger partial charge is 0.494 e. The molecule has 1 unspecified atom stereocenters. The molecule has 1 heterocycles. The molecule has 1 aliphatic rings. The highest BCUT2D eigenvalue weighted by molar-refractivity contribution is 5.91. The van der Waals surface area contributed by atoms with E-state index in [1.807, 2.05) is 43.3 Å². The maximum absolute atomic E-state index is 12.6. The van der Waals surface area contributed by atoms with Crippen molar-refractivity contribution in [2.45, 2.75) is 33.1 Å². The van der Waals surface area contributed by atoms with E-state index < -0.39 is 11.9 Å². The van der Waals surface area contributed by atoms with Crippen LogP contribution in [0.5, 0.6) is 17.2 Å². The Morgan fingerprint density at radius 1 is 1.09 bits per heavy atom. The second kappa shape index (κ2) is 10.4. The van der Waals surface area contributed by atoms with Crippen LogP contribution in [0.15, 0.2) is 78.2 Å². The Hall–Kier alpha value is -4.24. The molecule has 2 N–H and O–H groups in total. The van der Waals surface area contributed by atoms with Crippen LogP contribution in [-0.4, -0.2) is 12.6 Å². The van der Waals surface area contributed by atoms with Crippen LogP contribution in [0.4, 0.5) is 0 Å². The lowest BCUT2D eigenvalue weighted by Gasteiger charge is -2.27. The van der Waals surface area contributed by atoms with Crippen LogP contribution in [-0.2, 0) is 0 Å². The molecule has 0 aliphatic carbocycles. The summed E-state index contributed by atoms with van der Waals surface area (Å²) in [7, 11) is 0. The summed E-state index contributed by atoms with van der Waals surface area (Å²) in [6.45, 7) is 6.87. The van der Waals surface area contributed by atoms with Crippen molar-refractivity contribution in [3.05, 3.63) is 100 Å². The van der Waals surface area contributed by atoms with E-state index in [0.29, 0.717) is 35.2 Å². The number of nitrogens with two attached hydrogens (primary N) is 1. The SMILES string of the molecule is Cc1ccc(C(=O)Oc2ccc3c(c2)OC(N)=C(C#N)C3c2cccc(OCCC(C)C)c2)cc1. The predicted molar refractivity (Wildman–Crippen MR) is 133 cm³/mol. The number of fused-ring (bicyclic) bond motifs is 1. The molecular formula is C29H28N2O4. The van der Waals surface area contributed by atoms with Crippen LogP contribution in [0.25, 0.3) is 0 Å². The number of nitrogens with zero attached hydrogens (tertiary/aromatic N) is 1. The topological polar surface area (TPSA) is 94.6 Å². The standard InChI is InChI=1S/C29H28N2O4/c1-18(2)13-14-33-22-6-4-5-21(15-22)27-24-12-11-23(16-26(24)35-28(31)25(27)17-30)34-29(32)20-9-7-19(3)8-10-20/h4-12,15-16,18,27H,13-14,31H2,1-3H3. The normalized spacial score (nSPS) is 14.7. The lowest BCUT2D eigenvalue weighted by Crippen LogP contribution is -2.21. The number of carbonyl (C=O) groups is 1. The van der Waals surface area contributed by atoms with Gasteiger partial charge in [-0.1, -0.05) is 49.7 Å². The quantitative estimate of drug-likeness (QED) is 0.345. The second-order valence-corrected chi connectivity index (χ2v) is 8.98. The van der Waals surface area contributed by atoms with Crippen molar-refractivity contribution in [1.29, 1.82) is 5.26 Å². The van der Waals surface area contributed by atoms with E-state index in [0.717, 1.165) is 28.9 Å². The van der Waals surface area contributed by atoms with E-state index in [1.54, 1.807) is 30.3 Å². The molecule has 6 heteroatoms. The van der Waals surface area contributed by atoms with Crippen molar-refractivity contribution >= 4 is 5.97 Å². The first-order valence-corrected chi connectivity index (χ1v) is 11.6. The molecular weight excluding hydrogens is 440 g/mol. The molecule has 0 saturated carbocycles. The highest BCUT2D eigenvalue weighted by Gasteiger charge is 2.31. The average molecular weight is 469 g/mol. The zero-order chi connectivity index (χ0) is 24.9. The van der Waals surface area contributed by atoms with Gasteiger partial charge < -0.3 is 19.9 Å². The first kappa shape index (κ1) is 23.9. The third kappa shape index (κ3) is 5.47. The van der Waals surface area contributed by atoms with E-state index in [2.05, 4.69) is 19.9 Å². The van der Waals surface area contributed by atoms with Gasteiger partial charge in [-0.2, -0.15) is 5.26 Å². The van der Waals surface area contributed by atoms with Gasteiger partial charge >= 0.3 is 5.97 Å². The Balaban J connectivity index is 1.62. The minimum absolute atomic E-state index is 0.0261. The third-order valence-corrected chi connectivity index (χ3v) is 5.84. The van der Waals surface area contributed by atoms with Crippen LogP contribution in [0.2, 0.25) is 0 Å². The molecule has 6 nitrogen and oxygen atoms in total. The predicted octanol–water partition coefficient (Wildman–Crippen LogP) is 5.86. The van der Waals surface area contributed by atoms with Gasteiger partial charge in [0.15, 0.2) is 0 Å². The number of hydrogen-bond donors (Lipinski definition) is 1. The van der Waals surface area contributed by atoms with Gasteiger partial charge in [0.2, 0.25) is 5.88 Å². The number of nitriles is 1. The number of carbonyl (C=O) groups excluding carboxylic acids is 1. The van der Waals surface area contributed by atoms with Crippen molar-refractivity contribution in [2.75, 3.05) is 6.61 Å². The summed E-state index contributed by atoms with van der Waals surface area (Å²) >= 11 is 0. The van der Waals surface area contributed by atoms with Crippen molar-refractivity contribution in [3.8, 4) is 23.3 Å². The Kier molecular flexibility index (Phi) is 7.07. The summed E-state index contributed by atoms with van der Waals surface area (Å²) < 4.78 is 17.2. The molecule has 3 aromatic rings. The summed E-state index contributed by atoms with van der Waals surface area (Å²) in [5, 5.41) is 9.84. The van der Waals surface area contributed by atoms with Gasteiger partial charge in [-0.05, 0) is 55.2 Å². The molecule has 178 valence electrons. The Morgan fingerprint density at radius 2 is 1.86 bits per heavy atom. The molecule has 0 aromatic heterocycles. The number of benzene rings is 3. The van der Waals surface area contributed by atoms with Crippen molar-refractivity contribution in [1.82, 2.24) is 0 Å². The monoisotopic (exact) mass is 468 g/mol. The highest BCUT2D eigenvalue weighted by Crippen LogP contribution is 2.44. The Labute approximate surface area is 205 Å². The van der Waals surface area contributed by atoms with E-state index in [9.17, 15) is 10.1 Å². The number of ether oxygens (including phenoxy) is 3. The van der Waals surface area contributed by atoms with Gasteiger partial charge in [-0.3, -0.25) is 0 Å². The summed E-state index contributed by atoms with van der Waals surface area (Å²) in [4.78, 5) is 12.6. The fourth-order valence-electron chi connectivity index (χ4n) is 3.89. The smallest absolute Gasteiger partial charge is 0.343 e. The number of aryl methyl sites for hydroxylation is 1. The van der Waals surface area contributed by atoms with Gasteiger partial charge in [0.25, 0.3) is 0 Å². The van der Waals surface area contributed by atoms with E-state index >= 15 is 0 Å². The molecule has 35 heavy (non-hydrogen) atoms. The Bertz CT molecular complexity index is 1300. The number of hydrogen-bond acceptors (Lipinski definition) is 6. The third-order valence-electron chi connectivity index (χ3n) is 5.84. The van der Waals surface area contributed by atoms with Crippen LogP contribution < -0.4 is 19.9 Å². The minimum atomic E-state index is -0.468. The summed E-state index contributed by atoms with van der Waals surface area (Å²) in [5.41, 5.74) is 9.58. The van der Waals surface area contributed by atoms with Gasteiger partial charge in [0, 0.05) is 11.6 Å². The molecule has 0 radical (unpaired) electrons. The number of rotatable bonds is 7. The Morgan fingerprint density at radius 3 is 2.57 bits per heavy atom. The fraction of sp³-hybridized carbons (Fsp3) is 0.241. The molecule has 4 rings (SSSR count). The molecule has 1 aliphatic heterocycles. The first-order chi connectivity index (χ1) is 16.9. The molecule has 0 fully saturated rings. The van der Waals surface area contributed by atoms with Crippen LogP contribution in [0, 0.1) is 24.2 Å². The summed E-state index contributed by atoms with van der Waals surface area (Å²) in [5.74, 6) is 1.17. The summed E-state index contributed by atoms with van der Waals surface area (Å²) in [6.07, 6.45) is 0.949. The van der Waals surface area contributed by atoms with Crippen molar-refractivity contribution < 1.29 is 19.0 Å². The number of allylic oxidation sites excluding steroid dienone is 1. The average Bonchev–Trinajstić information content (AvgIpc) is 2.83. The molecule has 0 bridgehead atoms. The van der Waals surface area contributed by atoms with Crippen LogP contribution >= 0.6 is 0 Å². The zero-order valence-corrected chi connectivity index (χ0v) is 20.1. The van der Waals surface area contributed by atoms with Crippen molar-refractivity contribution in [3.63, 3.8) is 0 Å². The fourth-order valence-corrected chi connectivity index (χ4v) is 3.89. The molecule has 0 saturated heterocycles. The van der Waals surface area contributed by atoms with E-state index in [4.69, 9.17) is 19.9 Å². The molecule has 0 amide bonds. The molecule has 3 aromatic carbocycles. The van der Waals surface area contributed by atoms with Gasteiger partial charge in [0.05, 0.1) is 18.1 Å². The van der Waals surface area contributed by atoms with Gasteiger partial charge in [-0.25, -0.2) is 4.79 Å². The minimum Gasteiger partial charge on any atom is -0.494 e. The van der Waals surface area contributed by atoms with Gasteiger partial charge in [0.1, 0.15) is 28.9 Å². The first-order valence-electron chi connectivity index (χ1n) is 11.6. The van der Waals surface area contributed by atoms with Crippen molar-refractivity contribution in [2.24, 2.45) is 11.7 Å². The van der Waals surface area contributed by atoms with E-state index in [1.165, 1.54) is 0 Å². The molecule has 1 atom stereocenters. The zero-order valence-electron chi connectivity index (χ0n) is 20.1. The lowest BCUT2D eigenvalue weighted by molar-refractivity contribution is 0.0734. The maximum atomic E-state index is 12.6. The van der Waals surface area contributed by atoms with E-state index in [-0.39, 0.29) is 5.88 Å². The van der Waals surface area contributed by atoms with Crippen LogP contribution in [0.3, 0.4) is 0 Å². The number of esters is 1. The highest BCUT2D eigenvalue weighted by atomic mass is 16.5. The maximum Gasteiger partial charge on any atom is 0.343 e.